The molecule has 6 nitrogen and oxygen atoms in total. The number of esters is 1. The van der Waals surface area contributed by atoms with E-state index in [9.17, 15) is 22.0 Å². The maximum atomic E-state index is 12.5. The first-order chi connectivity index (χ1) is 12.9. The molecule has 3 aromatic rings. The minimum atomic E-state index is -4.71. The maximum absolute atomic E-state index is 12.5. The van der Waals surface area contributed by atoms with Crippen molar-refractivity contribution in [3.8, 4) is 11.3 Å². The van der Waals surface area contributed by atoms with E-state index >= 15 is 0 Å². The Morgan fingerprint density at radius 1 is 1.07 bits per heavy atom. The Balaban J connectivity index is 1.64. The van der Waals surface area contributed by atoms with Crippen molar-refractivity contribution in [2.45, 2.75) is 17.3 Å². The molecule has 0 aliphatic rings. The topological polar surface area (TPSA) is 86.5 Å². The van der Waals surface area contributed by atoms with E-state index in [1.54, 1.807) is 0 Å². The van der Waals surface area contributed by atoms with Gasteiger partial charge in [0.1, 0.15) is 0 Å². The first-order valence-electron chi connectivity index (χ1n) is 7.67. The summed E-state index contributed by atoms with van der Waals surface area (Å²) in [7, 11) is -4.71. The fourth-order valence-electron chi connectivity index (χ4n) is 2.21. The Morgan fingerprint density at radius 2 is 1.74 bits per heavy atom. The van der Waals surface area contributed by atoms with Gasteiger partial charge in [-0.15, -0.1) is 0 Å². The number of hydrogen-bond donors (Lipinski definition) is 0. The van der Waals surface area contributed by atoms with Crippen molar-refractivity contribution in [3.05, 3.63) is 72.2 Å². The van der Waals surface area contributed by atoms with Crippen molar-refractivity contribution >= 4 is 15.8 Å². The third kappa shape index (κ3) is 4.20. The lowest BCUT2D eigenvalue weighted by molar-refractivity contribution is 0.0439. The minimum absolute atomic E-state index is 0.0121. The maximum Gasteiger partial charge on any atom is 0.341 e. The molecule has 0 N–H and O–H groups in total. The number of alkyl halides is 2. The highest BCUT2D eigenvalue weighted by Crippen LogP contribution is 2.21. The van der Waals surface area contributed by atoms with Crippen LogP contribution < -0.4 is 0 Å². The second kappa shape index (κ2) is 7.67. The van der Waals surface area contributed by atoms with E-state index in [-0.39, 0.29) is 18.1 Å². The summed E-state index contributed by atoms with van der Waals surface area (Å²) in [6.07, 6.45) is 1.50. The number of carbonyl (C=O) groups is 1. The molecule has 0 aliphatic heterocycles. The van der Waals surface area contributed by atoms with E-state index in [0.29, 0.717) is 5.76 Å². The predicted molar refractivity (Wildman–Crippen MR) is 90.7 cm³/mol. The van der Waals surface area contributed by atoms with Gasteiger partial charge < -0.3 is 9.15 Å². The van der Waals surface area contributed by atoms with E-state index in [1.165, 1.54) is 6.20 Å². The molecule has 2 aromatic carbocycles. The van der Waals surface area contributed by atoms with Crippen LogP contribution in [0.3, 0.4) is 0 Å². The third-order valence-corrected chi connectivity index (χ3v) is 4.99. The number of aromatic nitrogens is 1. The molecule has 0 unspecified atom stereocenters. The Morgan fingerprint density at radius 3 is 2.37 bits per heavy atom. The number of sulfone groups is 1. The fraction of sp³-hybridized carbons (Fsp3) is 0.111. The van der Waals surface area contributed by atoms with Crippen molar-refractivity contribution in [1.29, 1.82) is 0 Å². The highest BCUT2D eigenvalue weighted by atomic mass is 32.2. The minimum Gasteiger partial charge on any atom is -0.452 e. The quantitative estimate of drug-likeness (QED) is 0.594. The molecule has 0 bridgehead atoms. The summed E-state index contributed by atoms with van der Waals surface area (Å²) in [5.74, 6) is -3.60. The smallest absolute Gasteiger partial charge is 0.341 e. The van der Waals surface area contributed by atoms with Crippen molar-refractivity contribution in [2.24, 2.45) is 0 Å². The van der Waals surface area contributed by atoms with Crippen LogP contribution in [0.4, 0.5) is 8.78 Å². The first-order valence-corrected chi connectivity index (χ1v) is 9.22. The van der Waals surface area contributed by atoms with Crippen LogP contribution in [0.25, 0.3) is 11.3 Å². The normalized spacial score (nSPS) is 11.5. The van der Waals surface area contributed by atoms with Gasteiger partial charge in [-0.3, -0.25) is 0 Å². The van der Waals surface area contributed by atoms with Crippen molar-refractivity contribution in [3.63, 3.8) is 0 Å². The van der Waals surface area contributed by atoms with E-state index < -0.39 is 26.5 Å². The number of oxazole rings is 1. The number of halogens is 2. The van der Waals surface area contributed by atoms with Crippen LogP contribution in [-0.4, -0.2) is 25.1 Å². The molecule has 1 heterocycles. The van der Waals surface area contributed by atoms with Gasteiger partial charge in [0.2, 0.25) is 15.7 Å². The zero-order chi connectivity index (χ0) is 19.4. The van der Waals surface area contributed by atoms with Crippen LogP contribution in [0, 0.1) is 0 Å². The molecule has 3 rings (SSSR count). The molecule has 0 fully saturated rings. The standard InChI is InChI=1S/C18H13F2NO5S/c19-18(20)27(23,24)14-8-6-13(7-9-14)17(22)25-11-16-21-10-15(26-16)12-4-2-1-3-5-12/h1-10,18H,11H2. The Labute approximate surface area is 153 Å². The molecule has 0 radical (unpaired) electrons. The van der Waals surface area contributed by atoms with Crippen LogP contribution in [0.5, 0.6) is 0 Å². The van der Waals surface area contributed by atoms with Gasteiger partial charge in [-0.05, 0) is 24.3 Å². The van der Waals surface area contributed by atoms with Crippen LogP contribution in [0.2, 0.25) is 0 Å². The molecule has 0 spiro atoms. The molecule has 9 heteroatoms. The molecule has 0 aliphatic carbocycles. The van der Waals surface area contributed by atoms with Gasteiger partial charge in [0, 0.05) is 5.56 Å². The third-order valence-electron chi connectivity index (χ3n) is 3.59. The molecule has 1 aromatic heterocycles. The van der Waals surface area contributed by atoms with Crippen LogP contribution >= 0.6 is 0 Å². The largest absolute Gasteiger partial charge is 0.452 e. The van der Waals surface area contributed by atoms with E-state index in [0.717, 1.165) is 29.8 Å². The molecule has 0 saturated heterocycles. The van der Waals surface area contributed by atoms with E-state index in [2.05, 4.69) is 4.98 Å². The molecule has 27 heavy (non-hydrogen) atoms. The summed E-state index contributed by atoms with van der Waals surface area (Å²) < 4.78 is 58.2. The lowest BCUT2D eigenvalue weighted by Gasteiger charge is -2.05. The van der Waals surface area contributed by atoms with Gasteiger partial charge in [0.15, 0.2) is 12.4 Å². The molecular formula is C18H13F2NO5S. The number of ether oxygens (including phenoxy) is 1. The number of rotatable bonds is 6. The molecule has 0 atom stereocenters. The second-order valence-electron chi connectivity index (χ2n) is 5.39. The summed E-state index contributed by atoms with van der Waals surface area (Å²) in [5, 5.41) is 0. The van der Waals surface area contributed by atoms with Crippen LogP contribution in [0.1, 0.15) is 16.2 Å². The highest BCUT2D eigenvalue weighted by Gasteiger charge is 2.26. The molecule has 0 amide bonds. The van der Waals surface area contributed by atoms with Gasteiger partial charge in [-0.25, -0.2) is 18.2 Å². The number of hydrogen-bond acceptors (Lipinski definition) is 6. The van der Waals surface area contributed by atoms with Crippen molar-refractivity contribution in [2.75, 3.05) is 0 Å². The van der Waals surface area contributed by atoms with Gasteiger partial charge in [-0.2, -0.15) is 8.78 Å². The predicted octanol–water partition coefficient (Wildman–Crippen LogP) is 3.69. The lowest BCUT2D eigenvalue weighted by atomic mass is 10.2. The Bertz CT molecular complexity index is 1030. The van der Waals surface area contributed by atoms with Crippen LogP contribution in [0.15, 0.2) is 70.1 Å². The molecule has 140 valence electrons. The average molecular weight is 393 g/mol. The number of nitrogens with zero attached hydrogens (tertiary/aromatic N) is 1. The van der Waals surface area contributed by atoms with Crippen LogP contribution in [-0.2, 0) is 21.2 Å². The Kier molecular flexibility index (Phi) is 5.31. The van der Waals surface area contributed by atoms with Gasteiger partial charge in [-0.1, -0.05) is 30.3 Å². The molecule has 0 saturated carbocycles. The lowest BCUT2D eigenvalue weighted by Crippen LogP contribution is -2.12. The summed E-state index contributed by atoms with van der Waals surface area (Å²) in [6.45, 7) is -0.233. The first kappa shape index (κ1) is 18.7. The zero-order valence-electron chi connectivity index (χ0n) is 13.7. The van der Waals surface area contributed by atoms with Crippen molar-refractivity contribution < 1.29 is 31.1 Å². The van der Waals surface area contributed by atoms with E-state index in [1.807, 2.05) is 30.3 Å². The van der Waals surface area contributed by atoms with Gasteiger partial charge >= 0.3 is 11.7 Å². The number of carbonyl (C=O) groups excluding carboxylic acids is 1. The summed E-state index contributed by atoms with van der Waals surface area (Å²) >= 11 is 0. The van der Waals surface area contributed by atoms with E-state index in [4.69, 9.17) is 9.15 Å². The SMILES string of the molecule is O=C(OCc1ncc(-c2ccccc2)o1)c1ccc(S(=O)(=O)C(F)F)cc1. The van der Waals surface area contributed by atoms with Gasteiger partial charge in [0.05, 0.1) is 16.7 Å². The number of benzene rings is 2. The van der Waals surface area contributed by atoms with Gasteiger partial charge in [0.25, 0.3) is 0 Å². The average Bonchev–Trinajstić information content (AvgIpc) is 3.16. The zero-order valence-corrected chi connectivity index (χ0v) is 14.5. The van der Waals surface area contributed by atoms with Crippen molar-refractivity contribution in [1.82, 2.24) is 4.98 Å². The summed E-state index contributed by atoms with van der Waals surface area (Å²) in [6, 6.07) is 13.3. The summed E-state index contributed by atoms with van der Waals surface area (Å²) in [4.78, 5) is 15.4. The molecular weight excluding hydrogens is 380 g/mol. The fourth-order valence-corrected chi connectivity index (χ4v) is 2.93. The second-order valence-corrected chi connectivity index (χ2v) is 7.31. The Hall–Kier alpha value is -3.07. The summed E-state index contributed by atoms with van der Waals surface area (Å²) in [5.41, 5.74) is 0.830. The highest BCUT2D eigenvalue weighted by molar-refractivity contribution is 7.91. The monoisotopic (exact) mass is 393 g/mol.